The van der Waals surface area contributed by atoms with Crippen LogP contribution in [0.4, 0.5) is 0 Å². The third kappa shape index (κ3) is 2.19. The van der Waals surface area contributed by atoms with Crippen LogP contribution in [0.3, 0.4) is 0 Å². The summed E-state index contributed by atoms with van der Waals surface area (Å²) in [5.41, 5.74) is 0. The predicted octanol–water partition coefficient (Wildman–Crippen LogP) is 2.83. The van der Waals surface area contributed by atoms with Crippen molar-refractivity contribution in [3.8, 4) is 0 Å². The molecule has 0 amide bonds. The predicted molar refractivity (Wildman–Crippen MR) is 59.4 cm³/mol. The molecule has 2 atom stereocenters. The molecular weight excluding hydrogens is 216 g/mol. The van der Waals surface area contributed by atoms with E-state index < -0.39 is 0 Å². The number of hydrogen-bond donors (Lipinski definition) is 0. The number of hydrogen-bond acceptors (Lipinski definition) is 4. The lowest BCUT2D eigenvalue weighted by molar-refractivity contribution is 0.112. The van der Waals surface area contributed by atoms with Gasteiger partial charge in [0.05, 0.1) is 11.0 Å². The normalized spacial score (nSPS) is 26.6. The first-order valence-corrected chi connectivity index (χ1v) is 6.37. The van der Waals surface area contributed by atoms with Crippen molar-refractivity contribution in [2.75, 3.05) is 6.61 Å². The van der Waals surface area contributed by atoms with Gasteiger partial charge in [0.2, 0.25) is 0 Å². The van der Waals surface area contributed by atoms with Gasteiger partial charge in [-0.2, -0.15) is 0 Å². The molecule has 1 aliphatic heterocycles. The van der Waals surface area contributed by atoms with E-state index in [4.69, 9.17) is 4.74 Å². The van der Waals surface area contributed by atoms with Crippen molar-refractivity contribution >= 4 is 29.4 Å². The van der Waals surface area contributed by atoms with E-state index in [1.165, 1.54) is 16.2 Å². The van der Waals surface area contributed by atoms with Crippen molar-refractivity contribution in [1.82, 2.24) is 0 Å². The van der Waals surface area contributed by atoms with Gasteiger partial charge in [-0.05, 0) is 19.4 Å². The summed E-state index contributed by atoms with van der Waals surface area (Å²) in [6.45, 7) is 2.97. The average Bonchev–Trinajstić information content (AvgIpc) is 2.77. The standard InChI is InChI=1S/C10H12O2S2/c1-7-10(2-3-12-7)14-9-4-8(5-11)13-6-9/h4-7,10H,2-3H2,1H3. The molecule has 0 aliphatic carbocycles. The minimum absolute atomic E-state index is 0.333. The topological polar surface area (TPSA) is 26.3 Å². The van der Waals surface area contributed by atoms with Gasteiger partial charge in [-0.15, -0.1) is 23.1 Å². The van der Waals surface area contributed by atoms with Crippen LogP contribution in [0.1, 0.15) is 23.0 Å². The minimum atomic E-state index is 0.333. The van der Waals surface area contributed by atoms with Crippen LogP contribution >= 0.6 is 23.1 Å². The molecule has 2 unspecified atom stereocenters. The maximum absolute atomic E-state index is 10.5. The highest BCUT2D eigenvalue weighted by Crippen LogP contribution is 2.34. The largest absolute Gasteiger partial charge is 0.377 e. The number of rotatable bonds is 3. The summed E-state index contributed by atoms with van der Waals surface area (Å²) in [7, 11) is 0. The first-order valence-electron chi connectivity index (χ1n) is 4.61. The quantitative estimate of drug-likeness (QED) is 0.744. The van der Waals surface area contributed by atoms with Crippen LogP contribution < -0.4 is 0 Å². The zero-order valence-corrected chi connectivity index (χ0v) is 9.57. The Hall–Kier alpha value is -0.320. The van der Waals surface area contributed by atoms with Gasteiger partial charge in [0.1, 0.15) is 0 Å². The summed E-state index contributed by atoms with van der Waals surface area (Å²) < 4.78 is 5.48. The van der Waals surface area contributed by atoms with Gasteiger partial charge in [-0.1, -0.05) is 0 Å². The van der Waals surface area contributed by atoms with Gasteiger partial charge in [0.25, 0.3) is 0 Å². The minimum Gasteiger partial charge on any atom is -0.377 e. The van der Waals surface area contributed by atoms with Gasteiger partial charge in [0, 0.05) is 22.1 Å². The lowest BCUT2D eigenvalue weighted by Crippen LogP contribution is -2.12. The highest BCUT2D eigenvalue weighted by molar-refractivity contribution is 8.00. The Labute approximate surface area is 91.7 Å². The molecule has 0 spiro atoms. The van der Waals surface area contributed by atoms with Crippen LogP contribution in [0.5, 0.6) is 0 Å². The maximum Gasteiger partial charge on any atom is 0.160 e. The van der Waals surface area contributed by atoms with E-state index >= 15 is 0 Å². The van der Waals surface area contributed by atoms with Crippen molar-refractivity contribution in [3.05, 3.63) is 16.3 Å². The van der Waals surface area contributed by atoms with Crippen molar-refractivity contribution in [1.29, 1.82) is 0 Å². The third-order valence-corrected chi connectivity index (χ3v) is 4.74. The molecule has 2 rings (SSSR count). The van der Waals surface area contributed by atoms with Crippen LogP contribution in [-0.4, -0.2) is 24.2 Å². The monoisotopic (exact) mass is 228 g/mol. The molecule has 0 saturated carbocycles. The molecule has 1 aromatic rings. The van der Waals surface area contributed by atoms with Gasteiger partial charge in [-0.25, -0.2) is 0 Å². The first kappa shape index (κ1) is 10.2. The molecule has 1 aromatic heterocycles. The summed E-state index contributed by atoms with van der Waals surface area (Å²) >= 11 is 3.33. The van der Waals surface area contributed by atoms with Crippen molar-refractivity contribution in [3.63, 3.8) is 0 Å². The van der Waals surface area contributed by atoms with E-state index in [0.29, 0.717) is 11.4 Å². The van der Waals surface area contributed by atoms with Gasteiger partial charge in [-0.3, -0.25) is 4.79 Å². The van der Waals surface area contributed by atoms with Crippen LogP contribution in [0, 0.1) is 0 Å². The SMILES string of the molecule is CC1OCCC1Sc1csc(C=O)c1. The summed E-state index contributed by atoms with van der Waals surface area (Å²) in [6, 6.07) is 1.95. The van der Waals surface area contributed by atoms with Crippen molar-refractivity contribution in [2.45, 2.75) is 29.6 Å². The smallest absolute Gasteiger partial charge is 0.160 e. The number of aldehydes is 1. The molecule has 2 heterocycles. The fourth-order valence-electron chi connectivity index (χ4n) is 1.50. The lowest BCUT2D eigenvalue weighted by atomic mass is 10.3. The summed E-state index contributed by atoms with van der Waals surface area (Å²) in [4.78, 5) is 12.5. The van der Waals surface area contributed by atoms with Crippen LogP contribution in [0.2, 0.25) is 0 Å². The Balaban J connectivity index is 1.99. The first-order chi connectivity index (χ1) is 6.79. The molecule has 0 radical (unpaired) electrons. The molecule has 0 N–H and O–H groups in total. The Bertz CT molecular complexity index is 322. The second-order valence-electron chi connectivity index (χ2n) is 3.32. The molecule has 1 saturated heterocycles. The van der Waals surface area contributed by atoms with E-state index in [1.54, 1.807) is 0 Å². The Morgan fingerprint density at radius 1 is 1.71 bits per heavy atom. The highest BCUT2D eigenvalue weighted by atomic mass is 32.2. The molecule has 1 aliphatic rings. The summed E-state index contributed by atoms with van der Waals surface area (Å²) in [6.07, 6.45) is 2.35. The lowest BCUT2D eigenvalue weighted by Gasteiger charge is -2.11. The van der Waals surface area contributed by atoms with Crippen molar-refractivity contribution in [2.24, 2.45) is 0 Å². The van der Waals surface area contributed by atoms with E-state index in [-0.39, 0.29) is 0 Å². The Morgan fingerprint density at radius 2 is 2.57 bits per heavy atom. The van der Waals surface area contributed by atoms with E-state index in [1.807, 2.05) is 23.2 Å². The van der Waals surface area contributed by atoms with Crippen LogP contribution in [-0.2, 0) is 4.74 Å². The van der Waals surface area contributed by atoms with Crippen LogP contribution in [0.15, 0.2) is 16.3 Å². The third-order valence-electron chi connectivity index (χ3n) is 2.31. The fourth-order valence-corrected chi connectivity index (χ4v) is 3.54. The molecule has 76 valence electrons. The second-order valence-corrected chi connectivity index (χ2v) is 5.58. The molecular formula is C10H12O2S2. The zero-order chi connectivity index (χ0) is 9.97. The molecule has 1 fully saturated rings. The molecule has 0 aromatic carbocycles. The van der Waals surface area contributed by atoms with E-state index in [9.17, 15) is 4.79 Å². The molecule has 2 nitrogen and oxygen atoms in total. The van der Waals surface area contributed by atoms with E-state index in [0.717, 1.165) is 24.2 Å². The molecule has 0 bridgehead atoms. The number of ether oxygens (including phenoxy) is 1. The summed E-state index contributed by atoms with van der Waals surface area (Å²) in [5.74, 6) is 0. The number of thioether (sulfide) groups is 1. The van der Waals surface area contributed by atoms with Gasteiger partial charge in [0.15, 0.2) is 6.29 Å². The Morgan fingerprint density at radius 3 is 3.14 bits per heavy atom. The second kappa shape index (κ2) is 4.47. The van der Waals surface area contributed by atoms with Crippen molar-refractivity contribution < 1.29 is 9.53 Å². The van der Waals surface area contributed by atoms with Gasteiger partial charge >= 0.3 is 0 Å². The van der Waals surface area contributed by atoms with E-state index in [2.05, 4.69) is 6.92 Å². The number of thiophene rings is 1. The maximum atomic E-state index is 10.5. The number of carbonyl (C=O) groups is 1. The van der Waals surface area contributed by atoms with Crippen LogP contribution in [0.25, 0.3) is 0 Å². The average molecular weight is 228 g/mol. The zero-order valence-electron chi connectivity index (χ0n) is 7.93. The molecule has 14 heavy (non-hydrogen) atoms. The fraction of sp³-hybridized carbons (Fsp3) is 0.500. The number of carbonyl (C=O) groups excluding carboxylic acids is 1. The Kier molecular flexibility index (Phi) is 3.26. The molecule has 4 heteroatoms. The highest BCUT2D eigenvalue weighted by Gasteiger charge is 2.25. The summed E-state index contributed by atoms with van der Waals surface area (Å²) in [5, 5.41) is 2.59. The van der Waals surface area contributed by atoms with Gasteiger partial charge < -0.3 is 4.74 Å².